The first-order valence-electron chi connectivity index (χ1n) is 9.31. The second kappa shape index (κ2) is 14.0. The fourth-order valence-electron chi connectivity index (χ4n) is 2.23. The van der Waals surface area contributed by atoms with E-state index in [-0.39, 0.29) is 0 Å². The molecule has 0 aliphatic heterocycles. The number of ether oxygens (including phenoxy) is 5. The van der Waals surface area contributed by atoms with Crippen LogP contribution in [0.3, 0.4) is 0 Å². The van der Waals surface area contributed by atoms with E-state index in [9.17, 15) is 0 Å². The predicted molar refractivity (Wildman–Crippen MR) is 106 cm³/mol. The molecule has 0 spiro atoms. The molecule has 0 amide bonds. The normalized spacial score (nSPS) is 10.1. The third-order valence-corrected chi connectivity index (χ3v) is 3.70. The highest BCUT2D eigenvalue weighted by atomic mass is 16.6. The summed E-state index contributed by atoms with van der Waals surface area (Å²) in [5.41, 5.74) is 1.21. The van der Waals surface area contributed by atoms with Crippen molar-refractivity contribution >= 4 is 0 Å². The molecule has 0 bridgehead atoms. The van der Waals surface area contributed by atoms with Crippen LogP contribution in [0.15, 0.2) is 48.5 Å². The van der Waals surface area contributed by atoms with Crippen LogP contribution in [0.25, 0.3) is 0 Å². The lowest BCUT2D eigenvalue weighted by Gasteiger charge is -2.09. The molecule has 152 valence electrons. The predicted octanol–water partition coefficient (Wildman–Crippen LogP) is 2.94. The lowest BCUT2D eigenvalue weighted by Crippen LogP contribution is -2.14. The van der Waals surface area contributed by atoms with Crippen LogP contribution in [0.1, 0.15) is 11.1 Å². The monoisotopic (exact) mass is 396 g/mol. The largest absolute Gasteiger partial charge is 0.491 e. The lowest BCUT2D eigenvalue weighted by molar-refractivity contribution is 0.00499. The summed E-state index contributed by atoms with van der Waals surface area (Å²) < 4.78 is 27.3. The standard InChI is InChI=1S/C22H24N2O5/c23-17-19-1-5-21(6-2-19)28-15-13-26-11-9-25-10-12-27-14-16-29-22-7-3-20(18-24)4-8-22/h1-8H,9-16H2. The van der Waals surface area contributed by atoms with Crippen molar-refractivity contribution in [1.29, 1.82) is 10.5 Å². The van der Waals surface area contributed by atoms with Crippen molar-refractivity contribution in [2.24, 2.45) is 0 Å². The first-order valence-corrected chi connectivity index (χ1v) is 9.31. The molecule has 0 saturated heterocycles. The fourth-order valence-corrected chi connectivity index (χ4v) is 2.23. The van der Waals surface area contributed by atoms with Gasteiger partial charge in [-0.3, -0.25) is 0 Å². The van der Waals surface area contributed by atoms with Crippen molar-refractivity contribution in [3.05, 3.63) is 59.7 Å². The molecule has 0 unspecified atom stereocenters. The molecule has 0 aliphatic carbocycles. The van der Waals surface area contributed by atoms with Crippen LogP contribution < -0.4 is 9.47 Å². The summed E-state index contributed by atoms with van der Waals surface area (Å²) >= 11 is 0. The van der Waals surface area contributed by atoms with E-state index in [4.69, 9.17) is 34.2 Å². The van der Waals surface area contributed by atoms with Gasteiger partial charge in [0.05, 0.1) is 62.9 Å². The number of benzene rings is 2. The van der Waals surface area contributed by atoms with Gasteiger partial charge in [-0.05, 0) is 48.5 Å². The van der Waals surface area contributed by atoms with E-state index in [1.165, 1.54) is 0 Å². The van der Waals surface area contributed by atoms with Gasteiger partial charge >= 0.3 is 0 Å². The van der Waals surface area contributed by atoms with Gasteiger partial charge in [0, 0.05) is 0 Å². The van der Waals surface area contributed by atoms with Gasteiger partial charge in [-0.2, -0.15) is 10.5 Å². The average molecular weight is 396 g/mol. The Morgan fingerprint density at radius 1 is 0.483 bits per heavy atom. The Kier molecular flexibility index (Phi) is 10.7. The molecule has 0 fully saturated rings. The SMILES string of the molecule is N#Cc1ccc(OCCOCCOCCOCCOc2ccc(C#N)cc2)cc1. The van der Waals surface area contributed by atoms with Crippen LogP contribution in [-0.2, 0) is 14.2 Å². The highest BCUT2D eigenvalue weighted by molar-refractivity contribution is 5.35. The number of nitrogens with zero attached hydrogens (tertiary/aromatic N) is 2. The molecule has 0 aliphatic rings. The Bertz CT molecular complexity index is 711. The van der Waals surface area contributed by atoms with Crippen LogP contribution >= 0.6 is 0 Å². The van der Waals surface area contributed by atoms with Gasteiger partial charge in [0.1, 0.15) is 24.7 Å². The molecule has 2 aromatic carbocycles. The summed E-state index contributed by atoms with van der Waals surface area (Å²) in [7, 11) is 0. The van der Waals surface area contributed by atoms with Gasteiger partial charge in [-0.25, -0.2) is 0 Å². The van der Waals surface area contributed by atoms with Crippen molar-refractivity contribution in [2.45, 2.75) is 0 Å². The minimum Gasteiger partial charge on any atom is -0.491 e. The van der Waals surface area contributed by atoms with E-state index in [1.54, 1.807) is 48.5 Å². The Labute approximate surface area is 170 Å². The molecule has 2 aromatic rings. The molecule has 0 radical (unpaired) electrons. The summed E-state index contributed by atoms with van der Waals surface area (Å²) in [6, 6.07) is 18.0. The van der Waals surface area contributed by atoms with Gasteiger partial charge < -0.3 is 23.7 Å². The third kappa shape index (κ3) is 9.59. The molecule has 0 saturated carbocycles. The molecule has 7 heteroatoms. The fraction of sp³-hybridized carbons (Fsp3) is 0.364. The summed E-state index contributed by atoms with van der Waals surface area (Å²) in [5, 5.41) is 17.5. The molecular formula is C22H24N2O5. The van der Waals surface area contributed by atoms with Gasteiger partial charge in [-0.15, -0.1) is 0 Å². The molecule has 0 aromatic heterocycles. The minimum atomic E-state index is 0.439. The number of rotatable bonds is 14. The average Bonchev–Trinajstić information content (AvgIpc) is 2.77. The van der Waals surface area contributed by atoms with E-state index in [0.717, 1.165) is 0 Å². The third-order valence-electron chi connectivity index (χ3n) is 3.70. The van der Waals surface area contributed by atoms with E-state index < -0.39 is 0 Å². The van der Waals surface area contributed by atoms with Crippen molar-refractivity contribution in [1.82, 2.24) is 0 Å². The van der Waals surface area contributed by atoms with Gasteiger partial charge in [0.15, 0.2) is 0 Å². The quantitative estimate of drug-likeness (QED) is 0.453. The maximum atomic E-state index is 8.73. The van der Waals surface area contributed by atoms with Crippen LogP contribution in [0, 0.1) is 22.7 Å². The van der Waals surface area contributed by atoms with Gasteiger partial charge in [-0.1, -0.05) is 0 Å². The van der Waals surface area contributed by atoms with Gasteiger partial charge in [0.25, 0.3) is 0 Å². The summed E-state index contributed by atoms with van der Waals surface area (Å²) in [6.07, 6.45) is 0. The molecule has 0 N–H and O–H groups in total. The van der Waals surface area contributed by atoms with E-state index >= 15 is 0 Å². The zero-order valence-electron chi connectivity index (χ0n) is 16.2. The van der Waals surface area contributed by atoms with Crippen LogP contribution in [-0.4, -0.2) is 52.9 Å². The Balaban J connectivity index is 1.35. The van der Waals surface area contributed by atoms with Crippen molar-refractivity contribution < 1.29 is 23.7 Å². The Morgan fingerprint density at radius 3 is 1.10 bits per heavy atom. The second-order valence-electron chi connectivity index (χ2n) is 5.81. The number of hydrogen-bond donors (Lipinski definition) is 0. The van der Waals surface area contributed by atoms with E-state index in [0.29, 0.717) is 75.5 Å². The highest BCUT2D eigenvalue weighted by Gasteiger charge is 1.97. The number of hydrogen-bond acceptors (Lipinski definition) is 7. The Morgan fingerprint density at radius 2 is 0.793 bits per heavy atom. The van der Waals surface area contributed by atoms with Crippen molar-refractivity contribution in [3.8, 4) is 23.6 Å². The lowest BCUT2D eigenvalue weighted by atomic mass is 10.2. The van der Waals surface area contributed by atoms with Crippen LogP contribution in [0.5, 0.6) is 11.5 Å². The smallest absolute Gasteiger partial charge is 0.119 e. The minimum absolute atomic E-state index is 0.439. The van der Waals surface area contributed by atoms with Crippen molar-refractivity contribution in [3.63, 3.8) is 0 Å². The first-order chi connectivity index (χ1) is 14.3. The van der Waals surface area contributed by atoms with Gasteiger partial charge in [0.2, 0.25) is 0 Å². The van der Waals surface area contributed by atoms with E-state index in [1.807, 2.05) is 0 Å². The maximum absolute atomic E-state index is 8.73. The highest BCUT2D eigenvalue weighted by Crippen LogP contribution is 2.12. The molecular weight excluding hydrogens is 372 g/mol. The second-order valence-corrected chi connectivity index (χ2v) is 5.81. The summed E-state index contributed by atoms with van der Waals surface area (Å²) in [5.74, 6) is 1.42. The first kappa shape index (κ1) is 22.2. The van der Waals surface area contributed by atoms with Crippen molar-refractivity contribution in [2.75, 3.05) is 52.9 Å². The summed E-state index contributed by atoms with van der Waals surface area (Å²) in [4.78, 5) is 0. The van der Waals surface area contributed by atoms with Crippen LogP contribution in [0.4, 0.5) is 0 Å². The maximum Gasteiger partial charge on any atom is 0.119 e. The van der Waals surface area contributed by atoms with Crippen LogP contribution in [0.2, 0.25) is 0 Å². The molecule has 29 heavy (non-hydrogen) atoms. The molecule has 7 nitrogen and oxygen atoms in total. The summed E-state index contributed by atoms with van der Waals surface area (Å²) in [6.45, 7) is 3.75. The molecule has 2 rings (SSSR count). The van der Waals surface area contributed by atoms with E-state index in [2.05, 4.69) is 12.1 Å². The number of nitriles is 2. The zero-order valence-corrected chi connectivity index (χ0v) is 16.2. The zero-order chi connectivity index (χ0) is 20.6. The Hall–Kier alpha value is -3.10. The molecule has 0 heterocycles. The topological polar surface area (TPSA) is 93.7 Å². The molecule has 0 atom stereocenters.